The van der Waals surface area contributed by atoms with E-state index in [9.17, 15) is 41.2 Å². The Labute approximate surface area is 291 Å². The maximum Gasteiger partial charge on any atom is 0.411 e. The highest BCUT2D eigenvalue weighted by atomic mass is 19.4. The minimum Gasteiger partial charge on any atom is -0.491 e. The Morgan fingerprint density at radius 2 is 1.37 bits per heavy atom. The Kier molecular flexibility index (Phi) is 14.2. The van der Waals surface area contributed by atoms with E-state index in [0.29, 0.717) is 24.2 Å². The van der Waals surface area contributed by atoms with Crippen LogP contribution in [0.15, 0.2) is 91.0 Å². The molecule has 0 aliphatic heterocycles. The Hall–Kier alpha value is -5.29. The zero-order chi connectivity index (χ0) is 37.7. The maximum atomic E-state index is 14.3. The molecule has 51 heavy (non-hydrogen) atoms. The first-order valence-corrected chi connectivity index (χ1v) is 15.6. The number of nitriles is 1. The molecule has 0 saturated heterocycles. The zero-order valence-electron chi connectivity index (χ0n) is 27.9. The minimum absolute atomic E-state index is 0.00220. The molecule has 8 nitrogen and oxygen atoms in total. The van der Waals surface area contributed by atoms with Gasteiger partial charge in [0.05, 0.1) is 13.2 Å². The van der Waals surface area contributed by atoms with Gasteiger partial charge < -0.3 is 23.8 Å². The summed E-state index contributed by atoms with van der Waals surface area (Å²) < 4.78 is 107. The molecule has 3 aromatic carbocycles. The number of anilines is 1. The number of carbonyl (C=O) groups excluding carboxylic acids is 2. The monoisotopic (exact) mass is 718 g/mol. The average molecular weight is 719 g/mol. The van der Waals surface area contributed by atoms with Crippen molar-refractivity contribution in [1.82, 2.24) is 0 Å². The summed E-state index contributed by atoms with van der Waals surface area (Å²) in [4.78, 5) is 25.2. The van der Waals surface area contributed by atoms with Crippen molar-refractivity contribution in [3.05, 3.63) is 113 Å². The van der Waals surface area contributed by atoms with E-state index in [1.165, 1.54) is 18.2 Å². The molecule has 272 valence electrons. The van der Waals surface area contributed by atoms with Crippen molar-refractivity contribution in [2.45, 2.75) is 31.6 Å². The predicted octanol–water partition coefficient (Wildman–Crippen LogP) is 7.51. The third kappa shape index (κ3) is 10.4. The van der Waals surface area contributed by atoms with Crippen LogP contribution in [0.1, 0.15) is 29.2 Å². The van der Waals surface area contributed by atoms with Gasteiger partial charge in [-0.2, -0.15) is 31.6 Å². The summed E-state index contributed by atoms with van der Waals surface area (Å²) in [5.41, 5.74) is -4.46. The van der Waals surface area contributed by atoms with Gasteiger partial charge in [-0.3, -0.25) is 0 Å². The van der Waals surface area contributed by atoms with Crippen LogP contribution in [0.5, 0.6) is 5.75 Å². The lowest BCUT2D eigenvalue weighted by Crippen LogP contribution is -2.54. The molecule has 0 aliphatic carbocycles. The van der Waals surface area contributed by atoms with Gasteiger partial charge in [-0.15, -0.1) is 0 Å². The lowest BCUT2D eigenvalue weighted by atomic mass is 9.72. The van der Waals surface area contributed by atoms with Crippen LogP contribution < -0.4 is 9.64 Å². The fraction of sp³-hybridized carbons (Fsp3) is 0.324. The lowest BCUT2D eigenvalue weighted by Gasteiger charge is -2.38. The van der Waals surface area contributed by atoms with Crippen LogP contribution in [0.2, 0.25) is 0 Å². The molecule has 0 aromatic heterocycles. The number of hydrogen-bond acceptors (Lipinski definition) is 8. The van der Waals surface area contributed by atoms with Gasteiger partial charge in [0.1, 0.15) is 37.2 Å². The smallest absolute Gasteiger partial charge is 0.411 e. The van der Waals surface area contributed by atoms with E-state index in [-0.39, 0.29) is 44.4 Å². The third-order valence-corrected chi connectivity index (χ3v) is 7.64. The van der Waals surface area contributed by atoms with Crippen LogP contribution >= 0.6 is 0 Å². The lowest BCUT2D eigenvalue weighted by molar-refractivity contribution is -0.288. The molecule has 14 heteroatoms. The first kappa shape index (κ1) is 40.1. The Morgan fingerprint density at radius 3 is 1.90 bits per heavy atom. The highest BCUT2D eigenvalue weighted by Crippen LogP contribution is 2.56. The highest BCUT2D eigenvalue weighted by molar-refractivity contribution is 5.97. The van der Waals surface area contributed by atoms with Crippen LogP contribution in [0.25, 0.3) is 6.08 Å². The highest BCUT2D eigenvalue weighted by Gasteiger charge is 2.72. The Balaban J connectivity index is 1.52. The van der Waals surface area contributed by atoms with Crippen molar-refractivity contribution in [3.8, 4) is 11.8 Å². The molecule has 0 atom stereocenters. The van der Waals surface area contributed by atoms with Crippen LogP contribution in [-0.2, 0) is 29.2 Å². The van der Waals surface area contributed by atoms with Gasteiger partial charge >= 0.3 is 24.3 Å². The molecule has 3 aromatic rings. The molecule has 0 radical (unpaired) electrons. The molecular weight excluding hydrogens is 682 g/mol. The van der Waals surface area contributed by atoms with E-state index in [2.05, 4.69) is 6.58 Å². The van der Waals surface area contributed by atoms with Crippen molar-refractivity contribution < 1.29 is 54.9 Å². The molecule has 0 heterocycles. The van der Waals surface area contributed by atoms with Crippen LogP contribution in [0, 0.1) is 18.3 Å². The van der Waals surface area contributed by atoms with E-state index >= 15 is 0 Å². The van der Waals surface area contributed by atoms with Crippen LogP contribution in [0.4, 0.5) is 32.0 Å². The number of likely N-dealkylation sites (N-methyl/N-ethyl adjacent to an activating group) is 1. The first-order valence-electron chi connectivity index (χ1n) is 15.6. The molecule has 3 rings (SSSR count). The van der Waals surface area contributed by atoms with Crippen LogP contribution in [0.3, 0.4) is 0 Å². The zero-order valence-corrected chi connectivity index (χ0v) is 27.9. The number of benzene rings is 3. The van der Waals surface area contributed by atoms with Crippen molar-refractivity contribution in [2.24, 2.45) is 0 Å². The molecule has 0 bridgehead atoms. The van der Waals surface area contributed by atoms with E-state index in [1.54, 1.807) is 37.3 Å². The molecule has 0 fully saturated rings. The molecule has 0 unspecified atom stereocenters. The quantitative estimate of drug-likeness (QED) is 0.0466. The average Bonchev–Trinajstić information content (AvgIpc) is 3.09. The largest absolute Gasteiger partial charge is 0.491 e. The Morgan fingerprint density at radius 1 is 0.804 bits per heavy atom. The predicted molar refractivity (Wildman–Crippen MR) is 177 cm³/mol. The summed E-state index contributed by atoms with van der Waals surface area (Å²) in [6.07, 6.45) is -9.02. The SMILES string of the molecule is C=CC(=O)OCCOC(=O)C(C#N)=Cc1ccc(N(CC)CCOCCOc2ccc(C(c3ccc(C)cc3)(C(F)(F)F)C(F)(F)F)cc2)cc1. The van der Waals surface area contributed by atoms with Crippen LogP contribution in [-0.4, -0.2) is 70.4 Å². The normalized spacial score (nSPS) is 12.1. The van der Waals surface area contributed by atoms with Gasteiger partial charge in [-0.1, -0.05) is 60.7 Å². The molecule has 0 aliphatic rings. The molecule has 0 spiro atoms. The molecule has 0 saturated carbocycles. The number of nitrogens with zero attached hydrogens (tertiary/aromatic N) is 2. The van der Waals surface area contributed by atoms with Crippen molar-refractivity contribution in [1.29, 1.82) is 5.26 Å². The van der Waals surface area contributed by atoms with E-state index < -0.39 is 40.8 Å². The second-order valence-corrected chi connectivity index (χ2v) is 10.9. The number of rotatable bonds is 17. The second kappa shape index (κ2) is 18.1. The van der Waals surface area contributed by atoms with E-state index in [4.69, 9.17) is 18.9 Å². The third-order valence-electron chi connectivity index (χ3n) is 7.64. The maximum absolute atomic E-state index is 14.3. The summed E-state index contributed by atoms with van der Waals surface area (Å²) in [6, 6.07) is 16.6. The first-order chi connectivity index (χ1) is 24.2. The molecule has 0 amide bonds. The van der Waals surface area contributed by atoms with Gasteiger partial charge in [0.25, 0.3) is 0 Å². The number of ether oxygens (including phenoxy) is 4. The summed E-state index contributed by atoms with van der Waals surface area (Å²) in [6.45, 7) is 7.81. The topological polar surface area (TPSA) is 98.1 Å². The number of aryl methyl sites for hydroxylation is 1. The Bertz CT molecular complexity index is 1670. The number of hydrogen-bond donors (Lipinski definition) is 0. The fourth-order valence-corrected chi connectivity index (χ4v) is 5.05. The van der Waals surface area contributed by atoms with Gasteiger partial charge in [-0.05, 0) is 60.9 Å². The number of alkyl halides is 6. The summed E-state index contributed by atoms with van der Waals surface area (Å²) >= 11 is 0. The van der Waals surface area contributed by atoms with Gasteiger partial charge in [0, 0.05) is 24.9 Å². The van der Waals surface area contributed by atoms with Gasteiger partial charge in [0.2, 0.25) is 5.41 Å². The summed E-state index contributed by atoms with van der Waals surface area (Å²) in [5.74, 6) is -1.45. The summed E-state index contributed by atoms with van der Waals surface area (Å²) in [7, 11) is 0. The molecular formula is C37H36F6N2O6. The van der Waals surface area contributed by atoms with Crippen molar-refractivity contribution >= 4 is 23.7 Å². The number of carbonyl (C=O) groups is 2. The number of halogens is 6. The van der Waals surface area contributed by atoms with Crippen molar-refractivity contribution in [3.63, 3.8) is 0 Å². The molecule has 0 N–H and O–H groups in total. The fourth-order valence-electron chi connectivity index (χ4n) is 5.05. The summed E-state index contributed by atoms with van der Waals surface area (Å²) in [5, 5.41) is 9.36. The van der Waals surface area contributed by atoms with E-state index in [0.717, 1.165) is 48.2 Å². The van der Waals surface area contributed by atoms with Crippen molar-refractivity contribution in [2.75, 3.05) is 51.0 Å². The second-order valence-electron chi connectivity index (χ2n) is 10.9. The standard InChI is InChI=1S/C37H36F6N2O6/c1-4-33(46)50-22-23-51-34(47)28(25-44)24-27-8-14-31(15-9-27)45(5-2)18-19-48-20-21-49-32-16-12-30(13-17-32)35(36(38,39)40,37(41,42)43)29-10-6-26(3)7-11-29/h4,6-17,24H,1,5,18-23H2,2-3H3. The van der Waals surface area contributed by atoms with Gasteiger partial charge in [-0.25, -0.2) is 9.59 Å². The van der Waals surface area contributed by atoms with Gasteiger partial charge in [0.15, 0.2) is 0 Å². The minimum atomic E-state index is -5.68. The number of esters is 2. The van der Waals surface area contributed by atoms with E-state index in [1.807, 2.05) is 11.8 Å².